The van der Waals surface area contributed by atoms with Gasteiger partial charge >= 0.3 is 5.69 Å². The van der Waals surface area contributed by atoms with Crippen LogP contribution in [0.4, 0.5) is 0 Å². The highest BCUT2D eigenvalue weighted by Gasteiger charge is 2.33. The second kappa shape index (κ2) is 8.63. The monoisotopic (exact) mass is 439 g/mol. The number of amides is 1. The Bertz CT molecular complexity index is 1340. The van der Waals surface area contributed by atoms with Gasteiger partial charge < -0.3 is 19.8 Å². The zero-order valence-electron chi connectivity index (χ0n) is 17.4. The molecule has 1 amide bonds. The fourth-order valence-electron chi connectivity index (χ4n) is 3.50. The molecule has 2 atom stereocenters. The number of nitrogens with zero attached hydrogens (tertiary/aromatic N) is 3. The number of ether oxygens (including phenoxy) is 2. The summed E-state index contributed by atoms with van der Waals surface area (Å²) in [5.74, 6) is -0.0294. The van der Waals surface area contributed by atoms with Crippen molar-refractivity contribution < 1.29 is 14.3 Å². The maximum Gasteiger partial charge on any atom is 0.328 e. The van der Waals surface area contributed by atoms with Crippen molar-refractivity contribution in [2.45, 2.75) is 12.1 Å². The molecule has 0 aliphatic carbocycles. The summed E-state index contributed by atoms with van der Waals surface area (Å²) in [7, 11) is 2.83. The molecule has 1 aliphatic heterocycles. The first kappa shape index (κ1) is 21.2. The summed E-state index contributed by atoms with van der Waals surface area (Å²) in [5, 5.41) is 7.19. The van der Waals surface area contributed by atoms with Crippen molar-refractivity contribution in [1.29, 1.82) is 0 Å². The van der Waals surface area contributed by atoms with Crippen LogP contribution in [0.2, 0.25) is 0 Å². The van der Waals surface area contributed by atoms with Gasteiger partial charge in [-0.05, 0) is 18.2 Å². The fourth-order valence-corrected chi connectivity index (χ4v) is 3.50. The molecule has 1 fully saturated rings. The van der Waals surface area contributed by atoms with Crippen LogP contribution in [0.25, 0.3) is 11.3 Å². The lowest BCUT2D eigenvalue weighted by molar-refractivity contribution is 0.0922. The number of rotatable bonds is 5. The van der Waals surface area contributed by atoms with E-state index in [4.69, 9.17) is 9.47 Å². The molecule has 32 heavy (non-hydrogen) atoms. The second-order valence-electron chi connectivity index (χ2n) is 7.29. The summed E-state index contributed by atoms with van der Waals surface area (Å²) >= 11 is 0. The van der Waals surface area contributed by atoms with Crippen molar-refractivity contribution in [3.63, 3.8) is 0 Å². The number of aromatic nitrogens is 4. The van der Waals surface area contributed by atoms with Crippen LogP contribution in [0, 0.1) is 0 Å². The lowest BCUT2D eigenvalue weighted by Gasteiger charge is -2.20. The molecule has 1 saturated heterocycles. The molecule has 2 N–H and O–H groups in total. The highest BCUT2D eigenvalue weighted by Crippen LogP contribution is 2.23. The first-order chi connectivity index (χ1) is 15.4. The van der Waals surface area contributed by atoms with E-state index in [0.29, 0.717) is 11.4 Å². The smallest absolute Gasteiger partial charge is 0.328 e. The Morgan fingerprint density at radius 2 is 2.03 bits per heavy atom. The Kier molecular flexibility index (Phi) is 5.73. The van der Waals surface area contributed by atoms with Gasteiger partial charge in [-0.3, -0.25) is 19.0 Å². The maximum atomic E-state index is 12.7. The third-order valence-corrected chi connectivity index (χ3v) is 5.30. The third kappa shape index (κ3) is 3.97. The molecule has 11 nitrogen and oxygen atoms in total. The zero-order chi connectivity index (χ0) is 22.8. The van der Waals surface area contributed by atoms with Crippen molar-refractivity contribution in [2.75, 3.05) is 20.3 Å². The minimum Gasteiger partial charge on any atom is -0.497 e. The Morgan fingerprint density at radius 1 is 1.22 bits per heavy atom. The standard InChI is InChI=1S/C21H21N5O6/c1-25-20(29)14(9-22-21(25)30)19(28)23-16-10-32-11-17(16)26-18(27)7-6-15(24-26)12-4-3-5-13(8-12)31-2/h3-9,16-17H,10-11H2,1-2H3,(H,22,30)(H,23,28). The van der Waals surface area contributed by atoms with Gasteiger partial charge in [0.05, 0.1) is 32.1 Å². The predicted octanol–water partition coefficient (Wildman–Crippen LogP) is -0.324. The average Bonchev–Trinajstić information content (AvgIpc) is 3.25. The minimum atomic E-state index is -0.725. The summed E-state index contributed by atoms with van der Waals surface area (Å²) in [5.41, 5.74) is -0.616. The number of aromatic amines is 1. The van der Waals surface area contributed by atoms with Crippen molar-refractivity contribution >= 4 is 5.91 Å². The van der Waals surface area contributed by atoms with Crippen LogP contribution >= 0.6 is 0 Å². The van der Waals surface area contributed by atoms with Gasteiger partial charge in [-0.25, -0.2) is 9.48 Å². The fraction of sp³-hybridized carbons (Fsp3) is 0.286. The van der Waals surface area contributed by atoms with Crippen LogP contribution in [-0.2, 0) is 11.8 Å². The number of carbonyl (C=O) groups is 1. The first-order valence-corrected chi connectivity index (χ1v) is 9.80. The van der Waals surface area contributed by atoms with Gasteiger partial charge in [0, 0.05) is 24.9 Å². The molecule has 11 heteroatoms. The lowest BCUT2D eigenvalue weighted by atomic mass is 10.1. The second-order valence-corrected chi connectivity index (χ2v) is 7.29. The number of methoxy groups -OCH3 is 1. The van der Waals surface area contributed by atoms with Gasteiger partial charge in [-0.15, -0.1) is 0 Å². The number of H-pyrrole nitrogens is 1. The maximum absolute atomic E-state index is 12.7. The van der Waals surface area contributed by atoms with Crippen LogP contribution in [0.1, 0.15) is 16.4 Å². The van der Waals surface area contributed by atoms with E-state index in [0.717, 1.165) is 16.3 Å². The van der Waals surface area contributed by atoms with E-state index < -0.39 is 29.2 Å². The number of nitrogens with one attached hydrogen (secondary N) is 2. The summed E-state index contributed by atoms with van der Waals surface area (Å²) in [6, 6.07) is 9.09. The Morgan fingerprint density at radius 3 is 2.81 bits per heavy atom. The van der Waals surface area contributed by atoms with E-state index in [-0.39, 0.29) is 24.3 Å². The molecule has 2 unspecified atom stereocenters. The molecule has 0 radical (unpaired) electrons. The van der Waals surface area contributed by atoms with Crippen molar-refractivity contribution in [1.82, 2.24) is 24.6 Å². The molecule has 166 valence electrons. The van der Waals surface area contributed by atoms with Crippen LogP contribution < -0.4 is 26.9 Å². The Hall–Kier alpha value is -3.99. The minimum absolute atomic E-state index is 0.136. The predicted molar refractivity (Wildman–Crippen MR) is 114 cm³/mol. The van der Waals surface area contributed by atoms with Crippen molar-refractivity contribution in [3.05, 3.63) is 79.4 Å². The van der Waals surface area contributed by atoms with Crippen LogP contribution in [0.5, 0.6) is 5.75 Å². The van der Waals surface area contributed by atoms with Crippen LogP contribution in [0.15, 0.2) is 57.0 Å². The largest absolute Gasteiger partial charge is 0.497 e. The molecule has 2 aromatic heterocycles. The summed E-state index contributed by atoms with van der Waals surface area (Å²) in [6.45, 7) is 0.292. The van der Waals surface area contributed by atoms with E-state index in [2.05, 4.69) is 15.4 Å². The molecule has 0 spiro atoms. The Balaban J connectivity index is 1.63. The molecule has 0 saturated carbocycles. The van der Waals surface area contributed by atoms with E-state index in [1.165, 1.54) is 17.8 Å². The summed E-state index contributed by atoms with van der Waals surface area (Å²) in [6.07, 6.45) is 1.07. The van der Waals surface area contributed by atoms with Crippen molar-refractivity contribution in [3.8, 4) is 17.0 Å². The first-order valence-electron chi connectivity index (χ1n) is 9.80. The SMILES string of the molecule is COc1cccc(-c2ccc(=O)n(C3COCC3NC(=O)c3c[nH]c(=O)n(C)c3=O)n2)c1. The summed E-state index contributed by atoms with van der Waals surface area (Å²) in [4.78, 5) is 51.3. The molecular formula is C21H21N5O6. The van der Waals surface area contributed by atoms with Gasteiger partial charge in [0.15, 0.2) is 0 Å². The number of hydrogen-bond acceptors (Lipinski definition) is 7. The Labute approximate surface area is 181 Å². The van der Waals surface area contributed by atoms with Gasteiger partial charge in [-0.1, -0.05) is 12.1 Å². The molecule has 3 aromatic rings. The molecule has 3 heterocycles. The normalized spacial score (nSPS) is 17.8. The average molecular weight is 439 g/mol. The van der Waals surface area contributed by atoms with Gasteiger partial charge in [0.2, 0.25) is 0 Å². The zero-order valence-corrected chi connectivity index (χ0v) is 17.4. The van der Waals surface area contributed by atoms with Crippen LogP contribution in [0.3, 0.4) is 0 Å². The lowest BCUT2D eigenvalue weighted by Crippen LogP contribution is -2.46. The van der Waals surface area contributed by atoms with Gasteiger partial charge in [-0.2, -0.15) is 5.10 Å². The molecule has 0 bridgehead atoms. The van der Waals surface area contributed by atoms with Gasteiger partial charge in [0.1, 0.15) is 17.4 Å². The third-order valence-electron chi connectivity index (χ3n) is 5.30. The highest BCUT2D eigenvalue weighted by atomic mass is 16.5. The van der Waals surface area contributed by atoms with E-state index in [9.17, 15) is 19.2 Å². The topological polar surface area (TPSA) is 137 Å². The quantitative estimate of drug-likeness (QED) is 0.556. The van der Waals surface area contributed by atoms with E-state index in [1.807, 2.05) is 12.1 Å². The number of benzene rings is 1. The molecule has 4 rings (SSSR count). The van der Waals surface area contributed by atoms with Crippen LogP contribution in [-0.4, -0.2) is 51.6 Å². The summed E-state index contributed by atoms with van der Waals surface area (Å²) < 4.78 is 12.8. The molecular weight excluding hydrogens is 418 g/mol. The van der Waals surface area contributed by atoms with E-state index in [1.54, 1.807) is 25.3 Å². The number of hydrogen-bond donors (Lipinski definition) is 2. The molecule has 1 aliphatic rings. The number of carbonyl (C=O) groups excluding carboxylic acids is 1. The van der Waals surface area contributed by atoms with Crippen molar-refractivity contribution in [2.24, 2.45) is 7.05 Å². The molecule has 1 aromatic carbocycles. The van der Waals surface area contributed by atoms with Gasteiger partial charge in [0.25, 0.3) is 17.0 Å². The highest BCUT2D eigenvalue weighted by molar-refractivity contribution is 5.93. The van der Waals surface area contributed by atoms with E-state index >= 15 is 0 Å².